The molecule has 0 aliphatic rings. The minimum atomic E-state index is -0.490. The lowest BCUT2D eigenvalue weighted by atomic mass is 9.97. The summed E-state index contributed by atoms with van der Waals surface area (Å²) in [7, 11) is 0. The fourth-order valence-corrected chi connectivity index (χ4v) is 6.39. The van der Waals surface area contributed by atoms with E-state index in [0.29, 0.717) is 11.4 Å². The Balaban J connectivity index is 1.26. The van der Waals surface area contributed by atoms with Gasteiger partial charge in [0.2, 0.25) is 0 Å². The molecule has 0 radical (unpaired) electrons. The van der Waals surface area contributed by atoms with Crippen molar-refractivity contribution in [1.29, 1.82) is 0 Å². The lowest BCUT2D eigenvalue weighted by Crippen LogP contribution is -2.10. The highest BCUT2D eigenvalue weighted by molar-refractivity contribution is 6.19. The first-order valence-corrected chi connectivity index (χ1v) is 15.1. The molecule has 0 amide bonds. The highest BCUT2D eigenvalue weighted by atomic mass is 16.3. The van der Waals surface area contributed by atoms with Gasteiger partial charge in [-0.15, -0.1) is 0 Å². The molecule has 0 saturated heterocycles. The summed E-state index contributed by atoms with van der Waals surface area (Å²) >= 11 is 0. The Labute approximate surface area is 277 Å². The van der Waals surface area contributed by atoms with Gasteiger partial charge in [-0.05, 0) is 75.5 Å². The van der Waals surface area contributed by atoms with Gasteiger partial charge in [-0.25, -0.2) is 0 Å². The Kier molecular flexibility index (Phi) is 4.70. The lowest BCUT2D eigenvalue weighted by molar-refractivity contribution is 0.673. The zero-order valence-corrected chi connectivity index (χ0v) is 24.6. The third-order valence-electron chi connectivity index (χ3n) is 8.57. The van der Waals surface area contributed by atoms with Crippen LogP contribution in [0.25, 0.3) is 65.7 Å². The summed E-state index contributed by atoms with van der Waals surface area (Å²) < 4.78 is 67.6. The van der Waals surface area contributed by atoms with Crippen molar-refractivity contribution in [3.63, 3.8) is 0 Å². The number of hydrogen-bond acceptors (Lipinski definition) is 2. The molecule has 0 spiro atoms. The molecule has 1 aromatic heterocycles. The van der Waals surface area contributed by atoms with E-state index in [1.165, 1.54) is 0 Å². The molecular formula is C44H29NO. The van der Waals surface area contributed by atoms with E-state index in [4.69, 9.17) is 12.6 Å². The molecule has 8 aromatic carbocycles. The van der Waals surface area contributed by atoms with Gasteiger partial charge in [0, 0.05) is 32.9 Å². The Morgan fingerprint density at radius 1 is 0.457 bits per heavy atom. The van der Waals surface area contributed by atoms with Crippen LogP contribution in [-0.2, 0) is 0 Å². The van der Waals surface area contributed by atoms with Crippen molar-refractivity contribution in [3.05, 3.63) is 176 Å². The Hall–Kier alpha value is -6.12. The zero-order chi connectivity index (χ0) is 36.5. The van der Waals surface area contributed by atoms with Gasteiger partial charge in [0.15, 0.2) is 0 Å². The maximum atomic E-state index is 9.19. The average molecular weight is 595 g/mol. The summed E-state index contributed by atoms with van der Waals surface area (Å²) in [5.41, 5.74) is 6.83. The minimum Gasteiger partial charge on any atom is -0.455 e. The predicted octanol–water partition coefficient (Wildman–Crippen LogP) is 12.7. The largest absolute Gasteiger partial charge is 0.455 e. The number of hydrogen-bond donors (Lipinski definition) is 0. The van der Waals surface area contributed by atoms with Crippen LogP contribution >= 0.6 is 0 Å². The van der Waals surface area contributed by atoms with Crippen LogP contribution < -0.4 is 4.90 Å². The van der Waals surface area contributed by atoms with Crippen LogP contribution in [0.2, 0.25) is 0 Å². The summed E-state index contributed by atoms with van der Waals surface area (Å²) in [4.78, 5) is 1.75. The smallest absolute Gasteiger partial charge is 0.143 e. The topological polar surface area (TPSA) is 16.4 Å². The highest BCUT2D eigenvalue weighted by Crippen LogP contribution is 2.42. The van der Waals surface area contributed by atoms with Gasteiger partial charge < -0.3 is 9.32 Å². The van der Waals surface area contributed by atoms with Crippen LogP contribution in [0.15, 0.2) is 180 Å². The predicted molar refractivity (Wildman–Crippen MR) is 194 cm³/mol. The second-order valence-corrected chi connectivity index (χ2v) is 11.2. The van der Waals surface area contributed by atoms with Crippen molar-refractivity contribution in [3.8, 4) is 22.3 Å². The standard InChI is InChI=1S/C44H29NO/c1-2-10-30(11-3-1)31-20-25-35(26-21-31)45(41-18-8-14-32-12-4-6-15-37(32)41)36-27-22-34(23-28-36)38-17-9-19-42-43(38)40-29-24-33-13-5-7-16-39(33)44(40)46-42/h1-29H/i4D,6D,8D,12D,14D,15D,18D. The van der Waals surface area contributed by atoms with Crippen LogP contribution in [0.3, 0.4) is 0 Å². The molecule has 0 atom stereocenters. The summed E-state index contributed by atoms with van der Waals surface area (Å²) in [6.07, 6.45) is 0. The minimum absolute atomic E-state index is 0.0140. The van der Waals surface area contributed by atoms with E-state index in [1.54, 1.807) is 4.90 Å². The second kappa shape index (κ2) is 10.8. The molecule has 46 heavy (non-hydrogen) atoms. The molecule has 9 aromatic rings. The summed E-state index contributed by atoms with van der Waals surface area (Å²) in [6.45, 7) is 0. The van der Waals surface area contributed by atoms with Crippen LogP contribution in [0.1, 0.15) is 9.60 Å². The fourth-order valence-electron chi connectivity index (χ4n) is 6.39. The molecule has 9 rings (SSSR count). The van der Waals surface area contributed by atoms with Gasteiger partial charge in [-0.2, -0.15) is 0 Å². The SMILES string of the molecule is [2H]c1c([2H])c([2H])c2c(N(c3ccc(-c4ccccc4)cc3)c3ccc(-c4cccc5oc6c7ccccc7ccc6c45)cc3)c([2H])c([2H])c([2H])c2c1[2H]. The molecule has 0 fully saturated rings. The van der Waals surface area contributed by atoms with E-state index in [1.807, 2.05) is 103 Å². The maximum Gasteiger partial charge on any atom is 0.143 e. The Bertz CT molecular complexity index is 2900. The number of benzene rings is 8. The molecule has 1 heterocycles. The molecule has 0 bridgehead atoms. The molecule has 0 aliphatic heterocycles. The maximum absolute atomic E-state index is 9.19. The fraction of sp³-hybridized carbons (Fsp3) is 0. The first kappa shape index (κ1) is 20.0. The summed E-state index contributed by atoms with van der Waals surface area (Å²) in [5.74, 6) is 0. The summed E-state index contributed by atoms with van der Waals surface area (Å²) in [5, 5.41) is 4.06. The van der Waals surface area contributed by atoms with Gasteiger partial charge in [-0.1, -0.05) is 133 Å². The second-order valence-electron chi connectivity index (χ2n) is 11.2. The third kappa shape index (κ3) is 4.35. The first-order chi connectivity index (χ1) is 25.7. The lowest BCUT2D eigenvalue weighted by Gasteiger charge is -2.27. The molecule has 0 unspecified atom stereocenters. The van der Waals surface area contributed by atoms with E-state index in [0.717, 1.165) is 55.0 Å². The van der Waals surface area contributed by atoms with Crippen molar-refractivity contribution in [2.45, 2.75) is 0 Å². The summed E-state index contributed by atoms with van der Waals surface area (Å²) in [6, 6.07) is 40.9. The van der Waals surface area contributed by atoms with Gasteiger partial charge in [-0.3, -0.25) is 0 Å². The molecule has 0 N–H and O–H groups in total. The van der Waals surface area contributed by atoms with E-state index in [9.17, 15) is 1.37 Å². The van der Waals surface area contributed by atoms with Gasteiger partial charge >= 0.3 is 0 Å². The molecule has 0 saturated carbocycles. The van der Waals surface area contributed by atoms with Crippen molar-refractivity contribution in [2.75, 3.05) is 4.90 Å². The van der Waals surface area contributed by atoms with E-state index in [-0.39, 0.29) is 28.5 Å². The van der Waals surface area contributed by atoms with Crippen LogP contribution in [-0.4, -0.2) is 0 Å². The van der Waals surface area contributed by atoms with E-state index >= 15 is 0 Å². The normalized spacial score (nSPS) is 13.6. The van der Waals surface area contributed by atoms with Crippen molar-refractivity contribution >= 4 is 60.5 Å². The van der Waals surface area contributed by atoms with Crippen LogP contribution in [0.4, 0.5) is 17.1 Å². The van der Waals surface area contributed by atoms with Crippen molar-refractivity contribution in [2.24, 2.45) is 0 Å². The third-order valence-corrected chi connectivity index (χ3v) is 8.57. The Morgan fingerprint density at radius 3 is 1.98 bits per heavy atom. The number of rotatable bonds is 5. The number of fused-ring (bicyclic) bond motifs is 6. The van der Waals surface area contributed by atoms with Gasteiger partial charge in [0.05, 0.1) is 15.3 Å². The number of anilines is 3. The van der Waals surface area contributed by atoms with Crippen LogP contribution in [0, 0.1) is 0 Å². The average Bonchev–Trinajstić information content (AvgIpc) is 3.60. The molecule has 0 aliphatic carbocycles. The molecule has 216 valence electrons. The Morgan fingerprint density at radius 2 is 1.15 bits per heavy atom. The van der Waals surface area contributed by atoms with Crippen molar-refractivity contribution < 1.29 is 14.0 Å². The van der Waals surface area contributed by atoms with Gasteiger partial charge in [0.25, 0.3) is 0 Å². The highest BCUT2D eigenvalue weighted by Gasteiger charge is 2.18. The first-order valence-electron chi connectivity index (χ1n) is 18.6. The van der Waals surface area contributed by atoms with E-state index < -0.39 is 30.2 Å². The monoisotopic (exact) mass is 594 g/mol. The number of furan rings is 1. The molecule has 2 heteroatoms. The van der Waals surface area contributed by atoms with E-state index in [2.05, 4.69) is 30.3 Å². The number of nitrogens with zero attached hydrogens (tertiary/aromatic N) is 1. The van der Waals surface area contributed by atoms with Crippen LogP contribution in [0.5, 0.6) is 0 Å². The van der Waals surface area contributed by atoms with Gasteiger partial charge in [0.1, 0.15) is 11.2 Å². The zero-order valence-electron chi connectivity index (χ0n) is 31.6. The van der Waals surface area contributed by atoms with Crippen molar-refractivity contribution in [1.82, 2.24) is 0 Å². The quantitative estimate of drug-likeness (QED) is 0.197. The molecule has 2 nitrogen and oxygen atoms in total. The molecular weight excluding hydrogens is 558 g/mol.